The van der Waals surface area contributed by atoms with Gasteiger partial charge >= 0.3 is 0 Å². The maximum absolute atomic E-state index is 11.8. The van der Waals surface area contributed by atoms with Crippen LogP contribution in [0, 0.1) is 0 Å². The van der Waals surface area contributed by atoms with E-state index in [-0.39, 0.29) is 10.8 Å². The largest absolute Gasteiger partial charge is 0.507 e. The average Bonchev–Trinajstić information content (AvgIpc) is 3.76. The molecule has 1 N–H and O–H groups in total. The summed E-state index contributed by atoms with van der Waals surface area (Å²) in [5, 5.41) is 16.9. The third kappa shape index (κ3) is 5.67. The average molecular weight is 709 g/mol. The predicted molar refractivity (Wildman–Crippen MR) is 223 cm³/mol. The highest BCUT2D eigenvalue weighted by atomic mass is 32.1. The van der Waals surface area contributed by atoms with E-state index < -0.39 is 0 Å². The number of nitrogens with zero attached hydrogens (tertiary/aromatic N) is 2. The first-order valence-corrected chi connectivity index (χ1v) is 18.9. The molecule has 9 aromatic rings. The molecule has 9 rings (SSSR count). The van der Waals surface area contributed by atoms with Gasteiger partial charge < -0.3 is 9.52 Å². The van der Waals surface area contributed by atoms with Crippen LogP contribution in [-0.4, -0.2) is 15.1 Å². The van der Waals surface area contributed by atoms with Gasteiger partial charge in [0.25, 0.3) is 0 Å². The third-order valence-electron chi connectivity index (χ3n) is 10.3. The van der Waals surface area contributed by atoms with Gasteiger partial charge in [0.05, 0.1) is 21.5 Å². The second-order valence-electron chi connectivity index (χ2n) is 16.1. The predicted octanol–water partition coefficient (Wildman–Crippen LogP) is 13.7. The Bertz CT molecular complexity index is 2870. The maximum atomic E-state index is 11.8. The van der Waals surface area contributed by atoms with E-state index in [9.17, 15) is 5.11 Å². The summed E-state index contributed by atoms with van der Waals surface area (Å²) in [5.41, 5.74) is 11.1. The van der Waals surface area contributed by atoms with Crippen LogP contribution < -0.4 is 0 Å². The summed E-state index contributed by atoms with van der Waals surface area (Å²) in [6, 6.07) is 42.4. The van der Waals surface area contributed by atoms with Crippen molar-refractivity contribution in [1.82, 2.24) is 9.97 Å². The summed E-state index contributed by atoms with van der Waals surface area (Å²) in [5.74, 6) is 0.295. The van der Waals surface area contributed by atoms with Crippen molar-refractivity contribution >= 4 is 54.3 Å². The number of aromatic hydroxyl groups is 1. The molecule has 5 heteroatoms. The Kier molecular flexibility index (Phi) is 7.58. The fourth-order valence-corrected chi connectivity index (χ4v) is 8.45. The molecule has 260 valence electrons. The molecule has 0 bridgehead atoms. The van der Waals surface area contributed by atoms with Gasteiger partial charge in [-0.25, -0.2) is 4.98 Å². The maximum Gasteiger partial charge on any atom is 0.143 e. The van der Waals surface area contributed by atoms with Crippen molar-refractivity contribution in [2.45, 2.75) is 52.4 Å². The summed E-state index contributed by atoms with van der Waals surface area (Å²) in [7, 11) is 0. The van der Waals surface area contributed by atoms with Crippen LogP contribution in [0.2, 0.25) is 0 Å². The molecule has 0 unspecified atom stereocenters. The van der Waals surface area contributed by atoms with Crippen molar-refractivity contribution in [1.29, 1.82) is 0 Å². The minimum atomic E-state index is -0.245. The summed E-state index contributed by atoms with van der Waals surface area (Å²) in [4.78, 5) is 10.2. The number of hydrogen-bond acceptors (Lipinski definition) is 5. The zero-order chi connectivity index (χ0) is 36.6. The molecular weight excluding hydrogens is 669 g/mol. The van der Waals surface area contributed by atoms with E-state index in [1.807, 2.05) is 12.3 Å². The Morgan fingerprint density at radius 2 is 1.38 bits per heavy atom. The zero-order valence-corrected chi connectivity index (χ0v) is 31.6. The molecule has 0 saturated carbocycles. The number of hydrogen-bond donors (Lipinski definition) is 1. The van der Waals surface area contributed by atoms with E-state index in [4.69, 9.17) is 14.4 Å². The van der Waals surface area contributed by atoms with Gasteiger partial charge in [0, 0.05) is 44.6 Å². The highest BCUT2D eigenvalue weighted by Gasteiger charge is 2.27. The molecule has 3 heterocycles. The normalized spacial score (nSPS) is 12.4. The Labute approximate surface area is 313 Å². The molecule has 0 spiro atoms. The summed E-state index contributed by atoms with van der Waals surface area (Å²) < 4.78 is 7.96. The highest BCUT2D eigenvalue weighted by molar-refractivity contribution is 7.21. The molecule has 3 aromatic heterocycles. The quantitative estimate of drug-likeness (QED) is 0.198. The number of phenols is 1. The number of para-hydroxylation sites is 1. The molecule has 4 nitrogen and oxygen atoms in total. The lowest BCUT2D eigenvalue weighted by molar-refractivity contribution is 0.446. The van der Waals surface area contributed by atoms with Gasteiger partial charge in [0.2, 0.25) is 0 Å². The van der Waals surface area contributed by atoms with Crippen LogP contribution in [-0.2, 0) is 10.8 Å². The monoisotopic (exact) mass is 708 g/mol. The zero-order valence-electron chi connectivity index (χ0n) is 30.8. The van der Waals surface area contributed by atoms with Crippen molar-refractivity contribution < 1.29 is 9.52 Å². The minimum Gasteiger partial charge on any atom is -0.507 e. The van der Waals surface area contributed by atoms with Gasteiger partial charge in [-0.2, -0.15) is 0 Å². The smallest absolute Gasteiger partial charge is 0.143 e. The molecule has 0 aliphatic heterocycles. The van der Waals surface area contributed by atoms with Crippen LogP contribution in [0.1, 0.15) is 52.7 Å². The summed E-state index contributed by atoms with van der Waals surface area (Å²) in [6.45, 7) is 13.1. The third-order valence-corrected chi connectivity index (χ3v) is 11.4. The van der Waals surface area contributed by atoms with E-state index in [0.29, 0.717) is 5.75 Å². The fraction of sp³-hybridized carbons (Fsp3) is 0.167. The molecule has 53 heavy (non-hydrogen) atoms. The van der Waals surface area contributed by atoms with Crippen molar-refractivity contribution in [3.8, 4) is 49.8 Å². The van der Waals surface area contributed by atoms with Crippen molar-refractivity contribution in [2.24, 2.45) is 0 Å². The molecular formula is C48H40N2O2S. The number of pyridine rings is 1. The fourth-order valence-electron chi connectivity index (χ4n) is 7.44. The first-order valence-electron chi connectivity index (χ1n) is 18.1. The lowest BCUT2D eigenvalue weighted by Gasteiger charge is -2.27. The van der Waals surface area contributed by atoms with Crippen LogP contribution in [0.3, 0.4) is 0 Å². The van der Waals surface area contributed by atoms with Crippen LogP contribution in [0.25, 0.3) is 87.0 Å². The second kappa shape index (κ2) is 12.1. The molecule has 0 atom stereocenters. The number of aromatic nitrogens is 2. The van der Waals surface area contributed by atoms with Crippen LogP contribution >= 0.6 is 11.3 Å². The SMILES string of the molecule is CC(C)(C)c1cc(-c2nc3c(-c4cc(-c5cc(-c6ccccc6)ccn5)cc5c4oc4c6ccccc6ccc54)cccc3s2)c(O)c(C(C)(C)C)c1. The first kappa shape index (κ1) is 33.1. The lowest BCUT2D eigenvalue weighted by atomic mass is 9.79. The molecule has 0 amide bonds. The minimum absolute atomic E-state index is 0.104. The topological polar surface area (TPSA) is 59.2 Å². The Hall–Kier alpha value is -5.78. The summed E-state index contributed by atoms with van der Waals surface area (Å²) in [6.07, 6.45) is 1.89. The van der Waals surface area contributed by atoms with Gasteiger partial charge in [-0.15, -0.1) is 11.3 Å². The Balaban J connectivity index is 1.31. The first-order chi connectivity index (χ1) is 25.4. The van der Waals surface area contributed by atoms with E-state index in [1.54, 1.807) is 11.3 Å². The molecule has 0 aliphatic rings. The Morgan fingerprint density at radius 3 is 2.17 bits per heavy atom. The van der Waals surface area contributed by atoms with E-state index >= 15 is 0 Å². The number of benzene rings is 6. The van der Waals surface area contributed by atoms with Gasteiger partial charge in [0.1, 0.15) is 21.9 Å². The van der Waals surface area contributed by atoms with Gasteiger partial charge in [-0.05, 0) is 75.4 Å². The van der Waals surface area contributed by atoms with E-state index in [2.05, 4.69) is 157 Å². The molecule has 0 fully saturated rings. The highest BCUT2D eigenvalue weighted by Crippen LogP contribution is 2.47. The number of phenolic OH excluding ortho intramolecular Hbond substituents is 1. The molecule has 6 aromatic carbocycles. The van der Waals surface area contributed by atoms with Crippen molar-refractivity contribution in [3.05, 3.63) is 139 Å². The van der Waals surface area contributed by atoms with E-state index in [0.717, 1.165) is 92.6 Å². The summed E-state index contributed by atoms with van der Waals surface area (Å²) >= 11 is 1.61. The number of furan rings is 1. The van der Waals surface area contributed by atoms with Crippen LogP contribution in [0.4, 0.5) is 0 Å². The van der Waals surface area contributed by atoms with Crippen LogP contribution in [0.5, 0.6) is 5.75 Å². The van der Waals surface area contributed by atoms with Gasteiger partial charge in [-0.3, -0.25) is 4.98 Å². The lowest BCUT2D eigenvalue weighted by Crippen LogP contribution is -2.17. The number of fused-ring (bicyclic) bond motifs is 6. The second-order valence-corrected chi connectivity index (χ2v) is 17.1. The van der Waals surface area contributed by atoms with Crippen molar-refractivity contribution in [2.75, 3.05) is 0 Å². The molecule has 0 aliphatic carbocycles. The molecule has 0 radical (unpaired) electrons. The van der Waals surface area contributed by atoms with Gasteiger partial charge in [0.15, 0.2) is 0 Å². The number of rotatable bonds is 4. The van der Waals surface area contributed by atoms with Gasteiger partial charge in [-0.1, -0.05) is 120 Å². The Morgan fingerprint density at radius 1 is 0.585 bits per heavy atom. The van der Waals surface area contributed by atoms with E-state index in [1.165, 1.54) is 5.56 Å². The number of thiazole rings is 1. The van der Waals surface area contributed by atoms with Crippen molar-refractivity contribution in [3.63, 3.8) is 0 Å². The molecule has 0 saturated heterocycles. The van der Waals surface area contributed by atoms with Crippen LogP contribution in [0.15, 0.2) is 132 Å². The standard InChI is InChI=1S/C48H40N2O2S/c1-47(2,3)32-26-38(43(51)39(27-32)48(4,5)6)46-50-42-34(17-12-18-41(42)53-46)36-23-31(40-25-30(21-22-49-40)28-13-8-7-9-14-28)24-37-35-20-19-29-15-10-11-16-33(29)44(35)52-45(36)37/h7-27,51H,1-6H3.